The Kier molecular flexibility index (Phi) is 4.61. The Morgan fingerprint density at radius 3 is 2.75 bits per heavy atom. The normalized spacial score (nSPS) is 14.8. The van der Waals surface area contributed by atoms with Crippen LogP contribution in [-0.2, 0) is 10.0 Å². The Labute approximate surface area is 140 Å². The van der Waals surface area contributed by atoms with Gasteiger partial charge in [0.1, 0.15) is 11.6 Å². The van der Waals surface area contributed by atoms with Crippen LogP contribution in [0.1, 0.15) is 18.4 Å². The third-order valence-corrected chi connectivity index (χ3v) is 4.92. The number of phenols is 1. The summed E-state index contributed by atoms with van der Waals surface area (Å²) in [6.07, 6.45) is 3.00. The number of aliphatic imine (C=N–C) groups is 2. The minimum Gasteiger partial charge on any atom is -0.507 e. The van der Waals surface area contributed by atoms with Crippen LogP contribution in [0.4, 0.5) is 5.69 Å². The molecule has 1 aliphatic rings. The number of para-hydroxylation sites is 1. The monoisotopic (exact) mass is 343 g/mol. The van der Waals surface area contributed by atoms with Gasteiger partial charge in [-0.2, -0.15) is 0 Å². The molecular formula is C17H17N3O3S. The SMILES string of the molecule is O=S(=O)(NC1=NCCC1)c1cccc(N=Cc2ccccc2O)c1. The number of hydrogen-bond acceptors (Lipinski definition) is 5. The van der Waals surface area contributed by atoms with Gasteiger partial charge in [-0.05, 0) is 36.8 Å². The molecule has 6 nitrogen and oxygen atoms in total. The fraction of sp³-hybridized carbons (Fsp3) is 0.176. The van der Waals surface area contributed by atoms with Crippen LogP contribution in [0.2, 0.25) is 0 Å². The van der Waals surface area contributed by atoms with Crippen LogP contribution in [0.3, 0.4) is 0 Å². The van der Waals surface area contributed by atoms with Crippen molar-refractivity contribution in [1.29, 1.82) is 0 Å². The lowest BCUT2D eigenvalue weighted by atomic mass is 10.2. The first-order valence-corrected chi connectivity index (χ1v) is 9.01. The van der Waals surface area contributed by atoms with Crippen LogP contribution >= 0.6 is 0 Å². The van der Waals surface area contributed by atoms with Gasteiger partial charge in [-0.15, -0.1) is 0 Å². The van der Waals surface area contributed by atoms with E-state index >= 15 is 0 Å². The summed E-state index contributed by atoms with van der Waals surface area (Å²) in [4.78, 5) is 8.49. The van der Waals surface area contributed by atoms with Gasteiger partial charge < -0.3 is 5.11 Å². The molecule has 2 N–H and O–H groups in total. The Morgan fingerprint density at radius 2 is 2.00 bits per heavy atom. The first kappa shape index (κ1) is 16.2. The third-order valence-electron chi connectivity index (χ3n) is 3.54. The summed E-state index contributed by atoms with van der Waals surface area (Å²) in [5.41, 5.74) is 1.04. The molecule has 0 radical (unpaired) electrons. The third kappa shape index (κ3) is 3.80. The molecule has 0 aromatic heterocycles. The van der Waals surface area contributed by atoms with Crippen molar-refractivity contribution >= 4 is 27.8 Å². The summed E-state index contributed by atoms with van der Waals surface area (Å²) in [5.74, 6) is 0.615. The Balaban J connectivity index is 1.82. The summed E-state index contributed by atoms with van der Waals surface area (Å²) in [6, 6.07) is 13.1. The van der Waals surface area contributed by atoms with E-state index in [-0.39, 0.29) is 10.6 Å². The summed E-state index contributed by atoms with van der Waals surface area (Å²) in [6.45, 7) is 0.656. The zero-order valence-corrected chi connectivity index (χ0v) is 13.7. The number of rotatable bonds is 4. The molecule has 2 aromatic carbocycles. The maximum atomic E-state index is 12.4. The largest absolute Gasteiger partial charge is 0.507 e. The van der Waals surface area contributed by atoms with Gasteiger partial charge in [0.2, 0.25) is 0 Å². The molecule has 2 aromatic rings. The van der Waals surface area contributed by atoms with E-state index in [0.717, 1.165) is 6.42 Å². The molecule has 7 heteroatoms. The number of sulfonamides is 1. The Bertz CT molecular complexity index is 905. The molecule has 0 atom stereocenters. The van der Waals surface area contributed by atoms with Crippen LogP contribution in [-0.4, -0.2) is 32.1 Å². The molecule has 0 unspecified atom stereocenters. The van der Waals surface area contributed by atoms with Crippen molar-refractivity contribution in [2.45, 2.75) is 17.7 Å². The van der Waals surface area contributed by atoms with Gasteiger partial charge in [0.15, 0.2) is 0 Å². The number of benzene rings is 2. The minimum absolute atomic E-state index is 0.117. The van der Waals surface area contributed by atoms with Gasteiger partial charge in [-0.25, -0.2) is 8.42 Å². The second-order valence-electron chi connectivity index (χ2n) is 5.35. The lowest BCUT2D eigenvalue weighted by Crippen LogP contribution is -2.29. The quantitative estimate of drug-likeness (QED) is 0.836. The highest BCUT2D eigenvalue weighted by molar-refractivity contribution is 7.90. The number of nitrogens with one attached hydrogen (secondary N) is 1. The molecule has 0 saturated carbocycles. The summed E-state index contributed by atoms with van der Waals surface area (Å²) < 4.78 is 27.3. The van der Waals surface area contributed by atoms with E-state index < -0.39 is 10.0 Å². The van der Waals surface area contributed by atoms with Crippen LogP contribution in [0.5, 0.6) is 5.75 Å². The molecule has 0 aliphatic carbocycles. The number of aromatic hydroxyl groups is 1. The van der Waals surface area contributed by atoms with Gasteiger partial charge in [0.25, 0.3) is 10.0 Å². The van der Waals surface area contributed by atoms with Crippen molar-refractivity contribution in [2.75, 3.05) is 6.54 Å². The average molecular weight is 343 g/mol. The molecule has 1 heterocycles. The number of amidine groups is 1. The van der Waals surface area contributed by atoms with E-state index in [1.165, 1.54) is 18.3 Å². The Morgan fingerprint density at radius 1 is 1.17 bits per heavy atom. The molecule has 24 heavy (non-hydrogen) atoms. The Hall–Kier alpha value is -2.67. The zero-order valence-electron chi connectivity index (χ0n) is 12.9. The molecule has 3 rings (SSSR count). The average Bonchev–Trinajstić information content (AvgIpc) is 3.07. The van der Waals surface area contributed by atoms with Crippen molar-refractivity contribution in [3.63, 3.8) is 0 Å². The minimum atomic E-state index is -3.66. The predicted molar refractivity (Wildman–Crippen MR) is 93.7 cm³/mol. The second-order valence-corrected chi connectivity index (χ2v) is 7.03. The highest BCUT2D eigenvalue weighted by Gasteiger charge is 2.18. The molecule has 0 saturated heterocycles. The van der Waals surface area contributed by atoms with Crippen molar-refractivity contribution in [3.05, 3.63) is 54.1 Å². The summed E-state index contributed by atoms with van der Waals surface area (Å²) >= 11 is 0. The van der Waals surface area contributed by atoms with Crippen molar-refractivity contribution < 1.29 is 13.5 Å². The maximum Gasteiger partial charge on any atom is 0.262 e. The molecule has 0 fully saturated rings. The van der Waals surface area contributed by atoms with E-state index in [2.05, 4.69) is 14.7 Å². The smallest absolute Gasteiger partial charge is 0.262 e. The van der Waals surface area contributed by atoms with Gasteiger partial charge >= 0.3 is 0 Å². The zero-order chi connectivity index (χ0) is 17.0. The molecular weight excluding hydrogens is 326 g/mol. The van der Waals surface area contributed by atoms with Crippen molar-refractivity contribution in [3.8, 4) is 5.75 Å². The lowest BCUT2D eigenvalue weighted by Gasteiger charge is -2.08. The van der Waals surface area contributed by atoms with Crippen molar-refractivity contribution in [1.82, 2.24) is 4.72 Å². The first-order chi connectivity index (χ1) is 11.5. The molecule has 0 bridgehead atoms. The molecule has 124 valence electrons. The van der Waals surface area contributed by atoms with Gasteiger partial charge in [0.05, 0.1) is 10.6 Å². The van der Waals surface area contributed by atoms with Crippen LogP contribution in [0, 0.1) is 0 Å². The lowest BCUT2D eigenvalue weighted by molar-refractivity contribution is 0.474. The molecule has 0 spiro atoms. The standard InChI is InChI=1S/C17H17N3O3S/c21-16-8-2-1-5-13(16)12-19-14-6-3-7-15(11-14)24(22,23)20-17-9-4-10-18-17/h1-3,5-8,11-12,21H,4,9-10H2,(H,18,20). The number of nitrogens with zero attached hydrogens (tertiary/aromatic N) is 2. The predicted octanol–water partition coefficient (Wildman–Crippen LogP) is 2.61. The van der Waals surface area contributed by atoms with E-state index in [0.29, 0.717) is 30.1 Å². The van der Waals surface area contributed by atoms with Gasteiger partial charge in [0, 0.05) is 24.7 Å². The number of hydrogen-bond donors (Lipinski definition) is 2. The van der Waals surface area contributed by atoms with Gasteiger partial charge in [-0.1, -0.05) is 18.2 Å². The fourth-order valence-electron chi connectivity index (χ4n) is 2.31. The van der Waals surface area contributed by atoms with E-state index in [1.807, 2.05) is 0 Å². The maximum absolute atomic E-state index is 12.4. The summed E-state index contributed by atoms with van der Waals surface area (Å²) in [5, 5.41) is 9.72. The van der Waals surface area contributed by atoms with Crippen molar-refractivity contribution in [2.24, 2.45) is 9.98 Å². The summed E-state index contributed by atoms with van der Waals surface area (Å²) in [7, 11) is -3.66. The second kappa shape index (κ2) is 6.84. The highest BCUT2D eigenvalue weighted by Crippen LogP contribution is 2.20. The van der Waals surface area contributed by atoms with Crippen LogP contribution in [0.25, 0.3) is 0 Å². The fourth-order valence-corrected chi connectivity index (χ4v) is 3.44. The number of phenolic OH excluding ortho intramolecular Hbond substituents is 1. The first-order valence-electron chi connectivity index (χ1n) is 7.53. The van der Waals surface area contributed by atoms with Crippen LogP contribution in [0.15, 0.2) is 63.4 Å². The van der Waals surface area contributed by atoms with E-state index in [1.54, 1.807) is 36.4 Å². The van der Waals surface area contributed by atoms with E-state index in [9.17, 15) is 13.5 Å². The topological polar surface area (TPSA) is 91.1 Å². The highest BCUT2D eigenvalue weighted by atomic mass is 32.2. The van der Waals surface area contributed by atoms with Gasteiger partial charge in [-0.3, -0.25) is 14.7 Å². The molecule has 1 aliphatic heterocycles. The van der Waals surface area contributed by atoms with E-state index in [4.69, 9.17) is 0 Å². The molecule has 0 amide bonds. The van der Waals surface area contributed by atoms with Crippen LogP contribution < -0.4 is 4.72 Å².